The minimum atomic E-state index is -4.28. The van der Waals surface area contributed by atoms with Crippen LogP contribution in [-0.2, 0) is 6.18 Å². The van der Waals surface area contributed by atoms with Crippen molar-refractivity contribution < 1.29 is 13.2 Å². The third-order valence-electron chi connectivity index (χ3n) is 3.80. The third kappa shape index (κ3) is 2.37. The third-order valence-corrected chi connectivity index (χ3v) is 3.80. The fraction of sp³-hybridized carbons (Fsp3) is 0.538. The highest BCUT2D eigenvalue weighted by Gasteiger charge is 2.39. The molecule has 0 aliphatic carbocycles. The summed E-state index contributed by atoms with van der Waals surface area (Å²) < 4.78 is 37.4. The Morgan fingerprint density at radius 1 is 1.33 bits per heavy atom. The van der Waals surface area contributed by atoms with E-state index >= 15 is 0 Å². The smallest absolute Gasteiger partial charge is 0.323 e. The predicted molar refractivity (Wildman–Crippen MR) is 64.3 cm³/mol. The standard InChI is InChI=1S/C13H17F3N2/c1-2-12(17)8-18-7-11(12)9-3-5-10(6-4-9)13(14,15)16/h3-6,11,18H,2,7-8,17H2,1H3. The summed E-state index contributed by atoms with van der Waals surface area (Å²) in [6, 6.07) is 5.34. The number of nitrogens with one attached hydrogen (secondary N) is 1. The average molecular weight is 258 g/mol. The molecule has 1 fully saturated rings. The van der Waals surface area contributed by atoms with Crippen LogP contribution in [-0.4, -0.2) is 18.6 Å². The van der Waals surface area contributed by atoms with Gasteiger partial charge < -0.3 is 11.1 Å². The molecule has 2 rings (SSSR count). The first-order valence-corrected chi connectivity index (χ1v) is 6.03. The molecule has 1 heterocycles. The molecule has 0 spiro atoms. The number of halogens is 3. The van der Waals surface area contributed by atoms with Gasteiger partial charge in [-0.2, -0.15) is 13.2 Å². The summed E-state index contributed by atoms with van der Waals surface area (Å²) in [5.74, 6) is 0.0739. The molecule has 2 nitrogen and oxygen atoms in total. The number of hydrogen-bond acceptors (Lipinski definition) is 2. The van der Waals surface area contributed by atoms with Crippen LogP contribution in [0.2, 0.25) is 0 Å². The largest absolute Gasteiger partial charge is 0.416 e. The Balaban J connectivity index is 2.25. The zero-order chi connectivity index (χ0) is 13.4. The van der Waals surface area contributed by atoms with Gasteiger partial charge in [0, 0.05) is 24.5 Å². The van der Waals surface area contributed by atoms with E-state index in [1.165, 1.54) is 12.1 Å². The molecule has 2 atom stereocenters. The van der Waals surface area contributed by atoms with Crippen molar-refractivity contribution >= 4 is 0 Å². The Kier molecular flexibility index (Phi) is 3.38. The highest BCUT2D eigenvalue weighted by Crippen LogP contribution is 2.34. The molecule has 0 saturated carbocycles. The van der Waals surface area contributed by atoms with Crippen LogP contribution < -0.4 is 11.1 Å². The van der Waals surface area contributed by atoms with Crippen LogP contribution in [0.3, 0.4) is 0 Å². The Bertz CT molecular complexity index is 413. The van der Waals surface area contributed by atoms with E-state index < -0.39 is 11.7 Å². The lowest BCUT2D eigenvalue weighted by atomic mass is 9.81. The van der Waals surface area contributed by atoms with Crippen molar-refractivity contribution in [3.05, 3.63) is 35.4 Å². The van der Waals surface area contributed by atoms with Crippen LogP contribution in [0.25, 0.3) is 0 Å². The quantitative estimate of drug-likeness (QED) is 0.855. The van der Waals surface area contributed by atoms with Crippen LogP contribution in [0.5, 0.6) is 0 Å². The second-order valence-corrected chi connectivity index (χ2v) is 4.89. The van der Waals surface area contributed by atoms with E-state index in [2.05, 4.69) is 5.32 Å². The van der Waals surface area contributed by atoms with Crippen molar-refractivity contribution in [3.63, 3.8) is 0 Å². The molecule has 1 aliphatic rings. The van der Waals surface area contributed by atoms with E-state index in [-0.39, 0.29) is 11.5 Å². The fourth-order valence-corrected chi connectivity index (χ4v) is 2.50. The molecular weight excluding hydrogens is 241 g/mol. The molecule has 1 saturated heterocycles. The molecule has 3 N–H and O–H groups in total. The molecule has 1 aromatic carbocycles. The summed E-state index contributed by atoms with van der Waals surface area (Å²) in [6.07, 6.45) is -3.48. The van der Waals surface area contributed by atoms with Crippen molar-refractivity contribution in [3.8, 4) is 0 Å². The van der Waals surface area contributed by atoms with E-state index in [0.29, 0.717) is 6.54 Å². The maximum atomic E-state index is 12.5. The summed E-state index contributed by atoms with van der Waals surface area (Å²) in [4.78, 5) is 0. The van der Waals surface area contributed by atoms with Gasteiger partial charge in [-0.3, -0.25) is 0 Å². The van der Waals surface area contributed by atoms with Gasteiger partial charge in [0.1, 0.15) is 0 Å². The Hall–Kier alpha value is -1.07. The van der Waals surface area contributed by atoms with Gasteiger partial charge in [0.15, 0.2) is 0 Å². The topological polar surface area (TPSA) is 38.0 Å². The summed E-state index contributed by atoms with van der Waals surface area (Å²) in [7, 11) is 0. The number of benzene rings is 1. The van der Waals surface area contributed by atoms with Gasteiger partial charge >= 0.3 is 6.18 Å². The molecule has 100 valence electrons. The molecule has 0 aromatic heterocycles. The van der Waals surface area contributed by atoms with E-state index in [4.69, 9.17) is 5.73 Å². The Morgan fingerprint density at radius 2 is 1.94 bits per heavy atom. The van der Waals surface area contributed by atoms with Crippen molar-refractivity contribution in [2.45, 2.75) is 31.0 Å². The SMILES string of the molecule is CCC1(N)CNCC1c1ccc(C(F)(F)F)cc1. The number of rotatable bonds is 2. The summed E-state index contributed by atoms with van der Waals surface area (Å²) in [5.41, 5.74) is 6.17. The first-order valence-electron chi connectivity index (χ1n) is 6.03. The van der Waals surface area contributed by atoms with Gasteiger partial charge in [-0.1, -0.05) is 19.1 Å². The van der Waals surface area contributed by atoms with Gasteiger partial charge in [-0.25, -0.2) is 0 Å². The molecule has 2 unspecified atom stereocenters. The predicted octanol–water partition coefficient (Wildman–Crippen LogP) is 2.50. The number of alkyl halides is 3. The zero-order valence-corrected chi connectivity index (χ0v) is 10.2. The maximum Gasteiger partial charge on any atom is 0.416 e. The first-order chi connectivity index (χ1) is 8.37. The van der Waals surface area contributed by atoms with Gasteiger partial charge in [0.25, 0.3) is 0 Å². The van der Waals surface area contributed by atoms with Gasteiger partial charge in [-0.05, 0) is 24.1 Å². The first kappa shape index (κ1) is 13.4. The van der Waals surface area contributed by atoms with Crippen molar-refractivity contribution in [1.82, 2.24) is 5.32 Å². The Morgan fingerprint density at radius 3 is 2.44 bits per heavy atom. The number of nitrogens with two attached hydrogens (primary N) is 1. The molecule has 0 bridgehead atoms. The lowest BCUT2D eigenvalue weighted by molar-refractivity contribution is -0.137. The highest BCUT2D eigenvalue weighted by atomic mass is 19.4. The molecule has 18 heavy (non-hydrogen) atoms. The fourth-order valence-electron chi connectivity index (χ4n) is 2.50. The summed E-state index contributed by atoms with van der Waals surface area (Å²) in [6.45, 7) is 3.43. The maximum absolute atomic E-state index is 12.5. The average Bonchev–Trinajstić information content (AvgIpc) is 2.71. The molecular formula is C13H17F3N2. The summed E-state index contributed by atoms with van der Waals surface area (Å²) >= 11 is 0. The van der Waals surface area contributed by atoms with Crippen LogP contribution in [0.1, 0.15) is 30.4 Å². The Labute approximate surface area is 104 Å². The lowest BCUT2D eigenvalue weighted by Gasteiger charge is -2.29. The van der Waals surface area contributed by atoms with Crippen molar-refractivity contribution in [2.24, 2.45) is 5.73 Å². The minimum Gasteiger partial charge on any atom is -0.323 e. The lowest BCUT2D eigenvalue weighted by Crippen LogP contribution is -2.45. The van der Waals surface area contributed by atoms with E-state index in [1.54, 1.807) is 0 Å². The normalized spacial score (nSPS) is 28.6. The van der Waals surface area contributed by atoms with E-state index in [1.807, 2.05) is 6.92 Å². The number of hydrogen-bond donors (Lipinski definition) is 2. The van der Waals surface area contributed by atoms with E-state index in [9.17, 15) is 13.2 Å². The second kappa shape index (κ2) is 4.55. The monoisotopic (exact) mass is 258 g/mol. The van der Waals surface area contributed by atoms with Crippen molar-refractivity contribution in [2.75, 3.05) is 13.1 Å². The van der Waals surface area contributed by atoms with Crippen LogP contribution in [0.15, 0.2) is 24.3 Å². The van der Waals surface area contributed by atoms with Crippen LogP contribution >= 0.6 is 0 Å². The van der Waals surface area contributed by atoms with Gasteiger partial charge in [0.05, 0.1) is 5.56 Å². The second-order valence-electron chi connectivity index (χ2n) is 4.89. The summed E-state index contributed by atoms with van der Waals surface area (Å²) in [5, 5.41) is 3.21. The molecule has 1 aliphatic heterocycles. The van der Waals surface area contributed by atoms with Crippen molar-refractivity contribution in [1.29, 1.82) is 0 Å². The van der Waals surface area contributed by atoms with E-state index in [0.717, 1.165) is 30.7 Å². The van der Waals surface area contributed by atoms with Crippen LogP contribution in [0, 0.1) is 0 Å². The van der Waals surface area contributed by atoms with Gasteiger partial charge in [-0.15, -0.1) is 0 Å². The molecule has 0 radical (unpaired) electrons. The molecule has 5 heteroatoms. The molecule has 1 aromatic rings. The highest BCUT2D eigenvalue weighted by molar-refractivity contribution is 5.31. The minimum absolute atomic E-state index is 0.0739. The molecule has 0 amide bonds. The van der Waals surface area contributed by atoms with Crippen LogP contribution in [0.4, 0.5) is 13.2 Å². The zero-order valence-electron chi connectivity index (χ0n) is 10.2. The van der Waals surface area contributed by atoms with Gasteiger partial charge in [0.2, 0.25) is 0 Å².